The zero-order chi connectivity index (χ0) is 46.1. The van der Waals surface area contributed by atoms with Crippen LogP contribution in [0.25, 0.3) is 5.57 Å². The van der Waals surface area contributed by atoms with Crippen molar-refractivity contribution in [1.82, 2.24) is 14.8 Å². The molecule has 3 aromatic rings. The summed E-state index contributed by atoms with van der Waals surface area (Å²) in [5, 5.41) is -0.298. The van der Waals surface area contributed by atoms with Crippen LogP contribution in [0, 0.1) is 18.6 Å². The molecule has 344 valence electrons. The molecule has 2 atom stereocenters. The minimum Gasteiger partial charge on any atom is -0.489 e. The van der Waals surface area contributed by atoms with Gasteiger partial charge in [-0.05, 0) is 118 Å². The highest BCUT2D eigenvalue weighted by atomic mass is 35.5. The summed E-state index contributed by atoms with van der Waals surface area (Å²) in [7, 11) is -5.54. The number of carbonyl (C=O) groups is 2. The van der Waals surface area contributed by atoms with E-state index in [2.05, 4.69) is 38.8 Å². The second-order valence-electron chi connectivity index (χ2n) is 19.4. The van der Waals surface area contributed by atoms with Gasteiger partial charge in [0, 0.05) is 42.9 Å². The standard InChI is InChI=1S/C47H62ClF2N3O8SSi/c1-30-33(21-22-51-43(30)59-24-11-25-60-63(8,9)47(5,6)7)27-52(34-17-18-34)44(54)40-36(26-35-28-62(56,57)29-39(40)53(35)45(55)61-46(2,3)4)32-15-13-31(14-16-32)12-10-23-58-42-38(50)20-19-37(49)41(42)48/h13-16,19-22,34-35,39H,10-12,17-18,23-29H2,1-9H3/t35?,39-/m1/s1. The number of sulfone groups is 1. The highest BCUT2D eigenvalue weighted by Gasteiger charge is 2.51. The monoisotopic (exact) mass is 929 g/mol. The predicted molar refractivity (Wildman–Crippen MR) is 243 cm³/mol. The fourth-order valence-corrected chi connectivity index (χ4v) is 10.9. The Morgan fingerprint density at radius 2 is 1.59 bits per heavy atom. The number of carbonyl (C=O) groups excluding carboxylic acids is 2. The van der Waals surface area contributed by atoms with E-state index < -0.39 is 64.3 Å². The van der Waals surface area contributed by atoms with Crippen molar-refractivity contribution in [1.29, 1.82) is 0 Å². The van der Waals surface area contributed by atoms with Gasteiger partial charge < -0.3 is 23.5 Å². The summed E-state index contributed by atoms with van der Waals surface area (Å²) in [4.78, 5) is 37.1. The predicted octanol–water partition coefficient (Wildman–Crippen LogP) is 9.88. The average molecular weight is 931 g/mol. The maximum atomic E-state index is 15.3. The molecular formula is C47H62ClF2N3O8SSi. The minimum absolute atomic E-state index is 0.0797. The maximum absolute atomic E-state index is 15.3. The number of hydrogen-bond acceptors (Lipinski definition) is 9. The molecule has 3 heterocycles. The van der Waals surface area contributed by atoms with Crippen molar-refractivity contribution in [2.75, 3.05) is 31.3 Å². The van der Waals surface area contributed by atoms with Gasteiger partial charge in [0.1, 0.15) is 16.4 Å². The van der Waals surface area contributed by atoms with Crippen LogP contribution in [0.4, 0.5) is 13.6 Å². The van der Waals surface area contributed by atoms with Crippen molar-refractivity contribution >= 4 is 47.3 Å². The molecule has 0 spiro atoms. The van der Waals surface area contributed by atoms with Crippen molar-refractivity contribution in [3.8, 4) is 11.6 Å². The zero-order valence-corrected chi connectivity index (χ0v) is 40.6. The van der Waals surface area contributed by atoms with Gasteiger partial charge >= 0.3 is 6.09 Å². The molecule has 2 aliphatic heterocycles. The molecule has 2 amide bonds. The molecule has 16 heteroatoms. The Kier molecular flexibility index (Phi) is 14.7. The van der Waals surface area contributed by atoms with Crippen molar-refractivity contribution in [3.05, 3.63) is 93.1 Å². The van der Waals surface area contributed by atoms with Crippen LogP contribution in [-0.4, -0.2) is 98.6 Å². The Bertz CT molecular complexity index is 2310. The van der Waals surface area contributed by atoms with Crippen molar-refractivity contribution in [3.63, 3.8) is 0 Å². The van der Waals surface area contributed by atoms with E-state index in [-0.39, 0.29) is 53.6 Å². The van der Waals surface area contributed by atoms with Gasteiger partial charge in [-0.15, -0.1) is 0 Å². The lowest BCUT2D eigenvalue weighted by Gasteiger charge is -2.47. The lowest BCUT2D eigenvalue weighted by molar-refractivity contribution is -0.129. The van der Waals surface area contributed by atoms with Crippen LogP contribution in [0.15, 0.2) is 54.2 Å². The van der Waals surface area contributed by atoms with Gasteiger partial charge in [0.05, 0.1) is 36.8 Å². The number of aromatic nitrogens is 1. The van der Waals surface area contributed by atoms with E-state index >= 15 is 4.79 Å². The second-order valence-corrected chi connectivity index (χ2v) is 26.8. The Labute approximate surface area is 377 Å². The van der Waals surface area contributed by atoms with Gasteiger partial charge in [-0.3, -0.25) is 9.69 Å². The van der Waals surface area contributed by atoms with Gasteiger partial charge in [0.15, 0.2) is 29.7 Å². The number of halogens is 3. The van der Waals surface area contributed by atoms with Crippen LogP contribution in [-0.2, 0) is 36.8 Å². The Hall–Kier alpha value is -4.05. The van der Waals surface area contributed by atoms with Gasteiger partial charge in [-0.1, -0.05) is 56.6 Å². The SMILES string of the molecule is Cc1c(CN(C(=O)C2=C(c3ccc(CCCOc4c(F)ccc(F)c4Cl)cc3)CC3CS(=O)(=O)C[C@H]2N3C(=O)OC(C)(C)C)C2CC2)ccnc1OCCCO[Si](C)(C)C(C)(C)C. The molecule has 3 aliphatic rings. The smallest absolute Gasteiger partial charge is 0.411 e. The number of amides is 2. The van der Waals surface area contributed by atoms with E-state index in [1.807, 2.05) is 42.2 Å². The molecule has 1 aliphatic carbocycles. The minimum atomic E-state index is -3.65. The number of pyridine rings is 1. The van der Waals surface area contributed by atoms with E-state index in [0.717, 1.165) is 47.2 Å². The van der Waals surface area contributed by atoms with E-state index in [4.69, 9.17) is 30.2 Å². The molecule has 1 unspecified atom stereocenters. The number of aryl methyl sites for hydroxylation is 1. The van der Waals surface area contributed by atoms with E-state index in [0.29, 0.717) is 43.9 Å². The van der Waals surface area contributed by atoms with Crippen molar-refractivity contribution in [2.45, 2.75) is 135 Å². The molecule has 2 fully saturated rings. The number of benzene rings is 2. The molecule has 0 radical (unpaired) electrons. The maximum Gasteiger partial charge on any atom is 0.411 e. The fourth-order valence-electron chi connectivity index (χ4n) is 7.78. The van der Waals surface area contributed by atoms with Crippen LogP contribution in [0.5, 0.6) is 11.6 Å². The normalized spacial score (nSPS) is 18.9. The number of hydrogen-bond donors (Lipinski definition) is 0. The highest BCUT2D eigenvalue weighted by molar-refractivity contribution is 7.91. The number of ether oxygens (including phenoxy) is 3. The summed E-state index contributed by atoms with van der Waals surface area (Å²) >= 11 is 5.92. The van der Waals surface area contributed by atoms with Gasteiger partial charge in [-0.2, -0.15) is 0 Å². The van der Waals surface area contributed by atoms with Crippen molar-refractivity contribution in [2.24, 2.45) is 0 Å². The van der Waals surface area contributed by atoms with Crippen molar-refractivity contribution < 1.29 is 45.4 Å². The van der Waals surface area contributed by atoms with E-state index in [1.165, 1.54) is 4.90 Å². The summed E-state index contributed by atoms with van der Waals surface area (Å²) in [6.45, 7) is 19.6. The van der Waals surface area contributed by atoms with Crippen LogP contribution < -0.4 is 9.47 Å². The molecule has 1 aromatic heterocycles. The number of fused-ring (bicyclic) bond motifs is 2. The first kappa shape index (κ1) is 48.4. The largest absolute Gasteiger partial charge is 0.489 e. The molecule has 1 saturated heterocycles. The summed E-state index contributed by atoms with van der Waals surface area (Å²) in [6.07, 6.45) is 4.45. The molecule has 1 saturated carbocycles. The highest BCUT2D eigenvalue weighted by Crippen LogP contribution is 2.43. The summed E-state index contributed by atoms with van der Waals surface area (Å²) in [5.41, 5.74) is 3.44. The molecular weight excluding hydrogens is 868 g/mol. The van der Waals surface area contributed by atoms with E-state index in [9.17, 15) is 22.0 Å². The third kappa shape index (κ3) is 11.8. The van der Waals surface area contributed by atoms with Gasteiger partial charge in [0.25, 0.3) is 5.91 Å². The van der Waals surface area contributed by atoms with E-state index in [1.54, 1.807) is 27.0 Å². The number of rotatable bonds is 16. The molecule has 11 nitrogen and oxygen atoms in total. The number of nitrogens with zero attached hydrogens (tertiary/aromatic N) is 3. The topological polar surface area (TPSA) is 125 Å². The molecule has 2 bridgehead atoms. The molecule has 0 N–H and O–H groups in total. The fraction of sp³-hybridized carbons (Fsp3) is 0.553. The Morgan fingerprint density at radius 1 is 0.921 bits per heavy atom. The Morgan fingerprint density at radius 3 is 2.24 bits per heavy atom. The van der Waals surface area contributed by atoms with Crippen LogP contribution >= 0.6 is 11.6 Å². The van der Waals surface area contributed by atoms with Crippen LogP contribution in [0.2, 0.25) is 23.2 Å². The van der Waals surface area contributed by atoms with Gasteiger partial charge in [-0.25, -0.2) is 27.0 Å². The first-order chi connectivity index (χ1) is 29.5. The zero-order valence-electron chi connectivity index (χ0n) is 38.0. The van der Waals surface area contributed by atoms with Gasteiger partial charge in [0.2, 0.25) is 5.88 Å². The summed E-state index contributed by atoms with van der Waals surface area (Å²) in [6, 6.07) is 9.56. The lowest BCUT2D eigenvalue weighted by atomic mass is 9.84. The van der Waals surface area contributed by atoms with Crippen LogP contribution in [0.1, 0.15) is 95.9 Å². The first-order valence-corrected chi connectivity index (χ1v) is 26.9. The second kappa shape index (κ2) is 19.2. The average Bonchev–Trinajstić information content (AvgIpc) is 4.03. The first-order valence-electron chi connectivity index (χ1n) is 21.8. The molecule has 6 rings (SSSR count). The molecule has 2 aromatic carbocycles. The molecule has 63 heavy (non-hydrogen) atoms. The third-order valence-electron chi connectivity index (χ3n) is 12.3. The summed E-state index contributed by atoms with van der Waals surface area (Å²) < 4.78 is 79.0. The third-order valence-corrected chi connectivity index (χ3v) is 18.9. The Balaban J connectivity index is 1.27. The van der Waals surface area contributed by atoms with Crippen LogP contribution in [0.3, 0.4) is 0 Å². The summed E-state index contributed by atoms with van der Waals surface area (Å²) in [5.74, 6) is -2.35. The quantitative estimate of drug-likeness (QED) is 0.0785. The lowest BCUT2D eigenvalue weighted by Crippen LogP contribution is -2.62.